The smallest absolute Gasteiger partial charge is 0.143 e. The summed E-state index contributed by atoms with van der Waals surface area (Å²) in [7, 11) is 0. The van der Waals surface area contributed by atoms with Crippen LogP contribution in [0.1, 0.15) is 5.56 Å². The van der Waals surface area contributed by atoms with Gasteiger partial charge >= 0.3 is 0 Å². The summed E-state index contributed by atoms with van der Waals surface area (Å²) in [5.41, 5.74) is 5.53. The Morgan fingerprint density at radius 2 is 2.06 bits per heavy atom. The van der Waals surface area contributed by atoms with E-state index in [0.29, 0.717) is 0 Å². The molecule has 3 heteroatoms. The first-order chi connectivity index (χ1) is 8.34. The lowest BCUT2D eigenvalue weighted by Crippen LogP contribution is -1.82. The number of imidazole rings is 1. The molecule has 0 spiro atoms. The second-order valence-corrected chi connectivity index (χ2v) is 4.36. The molecule has 0 fully saturated rings. The van der Waals surface area contributed by atoms with Crippen molar-refractivity contribution in [2.45, 2.75) is 6.92 Å². The Labute approximate surface area is 97.7 Å². The normalized spacial score (nSPS) is 11.8. The molecule has 4 aromatic rings. The summed E-state index contributed by atoms with van der Waals surface area (Å²) in [6.07, 6.45) is 2.04. The molecule has 3 aromatic heterocycles. The largest absolute Gasteiger partial charge is 0.339 e. The Kier molecular flexibility index (Phi) is 1.50. The van der Waals surface area contributed by atoms with Gasteiger partial charge in [-0.15, -0.1) is 0 Å². The van der Waals surface area contributed by atoms with E-state index in [2.05, 4.69) is 34.5 Å². The van der Waals surface area contributed by atoms with Crippen LogP contribution in [0.4, 0.5) is 0 Å². The molecule has 0 amide bonds. The van der Waals surface area contributed by atoms with Gasteiger partial charge in [-0.2, -0.15) is 0 Å². The summed E-state index contributed by atoms with van der Waals surface area (Å²) >= 11 is 0. The van der Waals surface area contributed by atoms with E-state index >= 15 is 0 Å². The minimum atomic E-state index is 0.985. The molecule has 82 valence electrons. The summed E-state index contributed by atoms with van der Waals surface area (Å²) in [5, 5.41) is 1.23. The number of nitrogens with one attached hydrogen (secondary N) is 1. The number of pyridine rings is 1. The third-order valence-electron chi connectivity index (χ3n) is 3.29. The average Bonchev–Trinajstić information content (AvgIpc) is 2.85. The molecule has 0 aliphatic heterocycles. The van der Waals surface area contributed by atoms with E-state index in [9.17, 15) is 0 Å². The fourth-order valence-electron chi connectivity index (χ4n) is 2.50. The number of fused-ring (bicyclic) bond motifs is 5. The van der Waals surface area contributed by atoms with Crippen LogP contribution in [0.3, 0.4) is 0 Å². The molecule has 0 aliphatic rings. The van der Waals surface area contributed by atoms with Crippen LogP contribution in [0, 0.1) is 6.92 Å². The summed E-state index contributed by atoms with van der Waals surface area (Å²) in [5.74, 6) is 0. The molecule has 0 unspecified atom stereocenters. The van der Waals surface area contributed by atoms with Crippen molar-refractivity contribution in [3.05, 3.63) is 48.2 Å². The Morgan fingerprint density at radius 1 is 1.12 bits per heavy atom. The van der Waals surface area contributed by atoms with Crippen LogP contribution in [0.15, 0.2) is 42.6 Å². The first-order valence-corrected chi connectivity index (χ1v) is 5.69. The van der Waals surface area contributed by atoms with Crippen LogP contribution in [0.25, 0.3) is 27.7 Å². The lowest BCUT2D eigenvalue weighted by molar-refractivity contribution is 1.20. The third-order valence-corrected chi connectivity index (χ3v) is 3.29. The van der Waals surface area contributed by atoms with Gasteiger partial charge in [-0.1, -0.05) is 18.2 Å². The second kappa shape index (κ2) is 2.88. The zero-order valence-corrected chi connectivity index (χ0v) is 9.44. The number of nitrogens with zero attached hydrogens (tertiary/aromatic N) is 2. The van der Waals surface area contributed by atoms with Gasteiger partial charge in [0.1, 0.15) is 16.8 Å². The van der Waals surface area contributed by atoms with Gasteiger partial charge in [0, 0.05) is 17.1 Å². The minimum absolute atomic E-state index is 0.985. The van der Waals surface area contributed by atoms with E-state index in [1.807, 2.05) is 24.4 Å². The van der Waals surface area contributed by atoms with Gasteiger partial charge in [-0.3, -0.25) is 4.40 Å². The second-order valence-electron chi connectivity index (χ2n) is 4.36. The highest BCUT2D eigenvalue weighted by molar-refractivity contribution is 6.06. The average molecular weight is 221 g/mol. The van der Waals surface area contributed by atoms with E-state index in [-0.39, 0.29) is 0 Å². The van der Waals surface area contributed by atoms with Crippen LogP contribution < -0.4 is 0 Å². The topological polar surface area (TPSA) is 33.1 Å². The maximum Gasteiger partial charge on any atom is 0.143 e. The van der Waals surface area contributed by atoms with Crippen LogP contribution in [0.5, 0.6) is 0 Å². The van der Waals surface area contributed by atoms with Gasteiger partial charge in [-0.05, 0) is 30.7 Å². The Bertz CT molecular complexity index is 852. The Hall–Kier alpha value is -2.29. The number of hydrogen-bond acceptors (Lipinski definition) is 1. The van der Waals surface area contributed by atoms with Crippen molar-refractivity contribution in [3.63, 3.8) is 0 Å². The maximum absolute atomic E-state index is 4.70. The van der Waals surface area contributed by atoms with Crippen molar-refractivity contribution in [3.8, 4) is 0 Å². The minimum Gasteiger partial charge on any atom is -0.339 e. The molecular formula is C14H11N3. The predicted molar refractivity (Wildman–Crippen MR) is 69.3 cm³/mol. The van der Waals surface area contributed by atoms with Crippen molar-refractivity contribution >= 4 is 27.7 Å². The van der Waals surface area contributed by atoms with Crippen LogP contribution in [-0.4, -0.2) is 14.4 Å². The lowest BCUT2D eigenvalue weighted by atomic mass is 10.1. The van der Waals surface area contributed by atoms with Crippen molar-refractivity contribution in [1.29, 1.82) is 0 Å². The van der Waals surface area contributed by atoms with Crippen LogP contribution >= 0.6 is 0 Å². The lowest BCUT2D eigenvalue weighted by Gasteiger charge is -1.94. The zero-order chi connectivity index (χ0) is 11.4. The van der Waals surface area contributed by atoms with E-state index in [4.69, 9.17) is 4.98 Å². The van der Waals surface area contributed by atoms with Crippen LogP contribution in [-0.2, 0) is 0 Å². The molecule has 0 saturated carbocycles. The number of aromatic nitrogens is 3. The quantitative estimate of drug-likeness (QED) is 0.485. The summed E-state index contributed by atoms with van der Waals surface area (Å²) in [4.78, 5) is 8.14. The highest BCUT2D eigenvalue weighted by Crippen LogP contribution is 2.27. The third kappa shape index (κ3) is 1.03. The number of H-pyrrole nitrogens is 1. The molecule has 0 saturated heterocycles. The first kappa shape index (κ1) is 8.82. The van der Waals surface area contributed by atoms with Gasteiger partial charge < -0.3 is 4.98 Å². The Morgan fingerprint density at radius 3 is 3.00 bits per heavy atom. The molecule has 3 heterocycles. The van der Waals surface area contributed by atoms with Crippen molar-refractivity contribution in [2.75, 3.05) is 0 Å². The van der Waals surface area contributed by atoms with Gasteiger partial charge in [0.05, 0.1) is 0 Å². The Balaban J connectivity index is 2.35. The van der Waals surface area contributed by atoms with Gasteiger partial charge in [0.2, 0.25) is 0 Å². The number of rotatable bonds is 0. The van der Waals surface area contributed by atoms with Crippen LogP contribution in [0.2, 0.25) is 0 Å². The monoisotopic (exact) mass is 221 g/mol. The van der Waals surface area contributed by atoms with Gasteiger partial charge in [0.15, 0.2) is 0 Å². The van der Waals surface area contributed by atoms with Crippen molar-refractivity contribution < 1.29 is 0 Å². The SMILES string of the molecule is Cc1cccc2[nH]c3c(nc4ccccn43)c12. The highest BCUT2D eigenvalue weighted by Gasteiger charge is 2.11. The maximum atomic E-state index is 4.70. The fourth-order valence-corrected chi connectivity index (χ4v) is 2.50. The predicted octanol–water partition coefficient (Wildman–Crippen LogP) is 3.28. The molecule has 0 aliphatic carbocycles. The fraction of sp³-hybridized carbons (Fsp3) is 0.0714. The van der Waals surface area contributed by atoms with Gasteiger partial charge in [-0.25, -0.2) is 4.98 Å². The molecule has 1 N–H and O–H groups in total. The summed E-state index contributed by atoms with van der Waals surface area (Å²) in [6, 6.07) is 12.3. The van der Waals surface area contributed by atoms with Crippen molar-refractivity contribution in [2.24, 2.45) is 0 Å². The zero-order valence-electron chi connectivity index (χ0n) is 9.44. The van der Waals surface area contributed by atoms with E-state index in [0.717, 1.165) is 22.3 Å². The number of hydrogen-bond donors (Lipinski definition) is 1. The molecule has 0 bridgehead atoms. The first-order valence-electron chi connectivity index (χ1n) is 5.69. The summed E-state index contributed by atoms with van der Waals surface area (Å²) in [6.45, 7) is 2.12. The molecule has 3 nitrogen and oxygen atoms in total. The molecule has 0 atom stereocenters. The number of benzene rings is 1. The standard InChI is InChI=1S/C14H11N3/c1-9-5-4-6-10-12(9)13-14(15-10)17-8-3-2-7-11(17)16-13/h2-8,15H,1H3. The van der Waals surface area contributed by atoms with Crippen molar-refractivity contribution in [1.82, 2.24) is 14.4 Å². The number of aromatic amines is 1. The number of aryl methyl sites for hydroxylation is 1. The highest BCUT2D eigenvalue weighted by atomic mass is 15.1. The van der Waals surface area contributed by atoms with E-state index in [1.54, 1.807) is 0 Å². The van der Waals surface area contributed by atoms with Gasteiger partial charge in [0.25, 0.3) is 0 Å². The van der Waals surface area contributed by atoms with E-state index in [1.165, 1.54) is 10.9 Å². The van der Waals surface area contributed by atoms with E-state index < -0.39 is 0 Å². The molecule has 1 aromatic carbocycles. The molecule has 17 heavy (non-hydrogen) atoms. The molecular weight excluding hydrogens is 210 g/mol. The molecule has 4 rings (SSSR count). The molecule has 0 radical (unpaired) electrons. The summed E-state index contributed by atoms with van der Waals surface area (Å²) < 4.78 is 2.09.